The quantitative estimate of drug-likeness (QED) is 0.796. The molecule has 2 aliphatic rings. The van der Waals surface area contributed by atoms with Gasteiger partial charge in [0.25, 0.3) is 5.91 Å². The average Bonchev–Trinajstić information content (AvgIpc) is 2.94. The number of hydrogen-bond donors (Lipinski definition) is 2. The Kier molecular flexibility index (Phi) is 6.48. The second kappa shape index (κ2) is 9.02. The molecule has 1 saturated heterocycles. The Hall–Kier alpha value is -2.37. The number of nitrogens with zero attached hydrogens (tertiary/aromatic N) is 1. The lowest BCUT2D eigenvalue weighted by atomic mass is 9.91. The molecule has 3 rings (SSSR count). The van der Waals surface area contributed by atoms with E-state index in [2.05, 4.69) is 5.32 Å². The second-order valence-corrected chi connectivity index (χ2v) is 7.63. The summed E-state index contributed by atoms with van der Waals surface area (Å²) in [5.41, 5.74) is 0.670. The third-order valence-corrected chi connectivity index (χ3v) is 5.83. The summed E-state index contributed by atoms with van der Waals surface area (Å²) < 4.78 is 0. The second-order valence-electron chi connectivity index (χ2n) is 7.63. The monoisotopic (exact) mass is 372 g/mol. The molecule has 2 fully saturated rings. The zero-order chi connectivity index (χ0) is 19.2. The first kappa shape index (κ1) is 19.4. The van der Waals surface area contributed by atoms with Crippen molar-refractivity contribution in [3.05, 3.63) is 35.9 Å². The summed E-state index contributed by atoms with van der Waals surface area (Å²) in [6.07, 6.45) is 5.49. The highest BCUT2D eigenvalue weighted by molar-refractivity contribution is 5.94. The fourth-order valence-corrected chi connectivity index (χ4v) is 4.18. The number of nitrogens with one attached hydrogen (secondary N) is 1. The molecular weight excluding hydrogens is 344 g/mol. The Morgan fingerprint density at radius 3 is 2.26 bits per heavy atom. The molecule has 2 N–H and O–H groups in total. The fraction of sp³-hybridized carbons (Fsp3) is 0.571. The summed E-state index contributed by atoms with van der Waals surface area (Å²) in [6.45, 7) is 1.11. The van der Waals surface area contributed by atoms with Crippen LogP contribution in [0.15, 0.2) is 30.3 Å². The zero-order valence-electron chi connectivity index (χ0n) is 15.6. The van der Waals surface area contributed by atoms with Crippen molar-refractivity contribution in [2.75, 3.05) is 13.1 Å². The molecule has 0 aromatic heterocycles. The number of aliphatic carboxylic acids is 1. The smallest absolute Gasteiger partial charge is 0.308 e. The van der Waals surface area contributed by atoms with E-state index in [1.165, 1.54) is 0 Å². The highest BCUT2D eigenvalue weighted by atomic mass is 16.4. The highest BCUT2D eigenvalue weighted by Gasteiger charge is 2.33. The van der Waals surface area contributed by atoms with Gasteiger partial charge in [-0.05, 0) is 37.8 Å². The summed E-state index contributed by atoms with van der Waals surface area (Å²) in [4.78, 5) is 38.5. The van der Waals surface area contributed by atoms with E-state index < -0.39 is 11.9 Å². The minimum atomic E-state index is -0.814. The summed E-state index contributed by atoms with van der Waals surface area (Å²) >= 11 is 0. The highest BCUT2D eigenvalue weighted by Crippen LogP contribution is 2.25. The fourth-order valence-electron chi connectivity index (χ4n) is 4.18. The number of amides is 2. The van der Waals surface area contributed by atoms with E-state index in [4.69, 9.17) is 0 Å². The maximum Gasteiger partial charge on any atom is 0.308 e. The molecule has 0 bridgehead atoms. The average molecular weight is 372 g/mol. The molecule has 0 unspecified atom stereocenters. The first-order chi connectivity index (χ1) is 13.1. The molecule has 146 valence electrons. The Labute approximate surface area is 159 Å². The molecule has 2 atom stereocenters. The predicted octanol–water partition coefficient (Wildman–Crippen LogP) is 2.69. The van der Waals surface area contributed by atoms with E-state index in [0.29, 0.717) is 37.9 Å². The van der Waals surface area contributed by atoms with Gasteiger partial charge in [-0.1, -0.05) is 37.5 Å². The Morgan fingerprint density at radius 2 is 1.59 bits per heavy atom. The third-order valence-electron chi connectivity index (χ3n) is 5.83. The van der Waals surface area contributed by atoms with Crippen molar-refractivity contribution in [2.45, 2.75) is 51.0 Å². The van der Waals surface area contributed by atoms with Gasteiger partial charge in [0.15, 0.2) is 0 Å². The van der Waals surface area contributed by atoms with Crippen LogP contribution in [0.3, 0.4) is 0 Å². The number of benzene rings is 1. The molecule has 6 heteroatoms. The summed E-state index contributed by atoms with van der Waals surface area (Å²) in [7, 11) is 0. The van der Waals surface area contributed by atoms with E-state index >= 15 is 0 Å². The standard InChI is InChI=1S/C21H28N2O4/c24-19(22-18-10-6-2-5-9-17(18)21(26)27)15-11-13-23(14-12-15)20(25)16-7-3-1-4-8-16/h1,3-4,7-8,15,17-18H,2,5-6,9-14H2,(H,22,24)(H,26,27)/t17-,18+/m1/s1. The first-order valence-corrected chi connectivity index (χ1v) is 9.94. The van der Waals surface area contributed by atoms with Crippen LogP contribution in [0.5, 0.6) is 0 Å². The van der Waals surface area contributed by atoms with E-state index in [9.17, 15) is 19.5 Å². The van der Waals surface area contributed by atoms with Gasteiger partial charge < -0.3 is 15.3 Å². The molecule has 2 amide bonds. The van der Waals surface area contributed by atoms with Crippen molar-refractivity contribution in [1.82, 2.24) is 10.2 Å². The maximum atomic E-state index is 12.7. The van der Waals surface area contributed by atoms with Crippen LogP contribution in [0.2, 0.25) is 0 Å². The number of rotatable bonds is 4. The molecule has 1 saturated carbocycles. The molecule has 1 aliphatic heterocycles. The Morgan fingerprint density at radius 1 is 0.926 bits per heavy atom. The van der Waals surface area contributed by atoms with E-state index in [1.807, 2.05) is 18.2 Å². The molecule has 1 aromatic rings. The van der Waals surface area contributed by atoms with Gasteiger partial charge in [-0.25, -0.2) is 0 Å². The number of carboxylic acid groups (broad SMARTS) is 1. The first-order valence-electron chi connectivity index (χ1n) is 9.94. The van der Waals surface area contributed by atoms with Crippen LogP contribution < -0.4 is 5.32 Å². The number of piperidine rings is 1. The third kappa shape index (κ3) is 4.87. The molecule has 27 heavy (non-hydrogen) atoms. The largest absolute Gasteiger partial charge is 0.481 e. The number of likely N-dealkylation sites (tertiary alicyclic amines) is 1. The van der Waals surface area contributed by atoms with Crippen LogP contribution in [-0.4, -0.2) is 46.9 Å². The summed E-state index contributed by atoms with van der Waals surface area (Å²) in [5.74, 6) is -1.51. The molecule has 0 radical (unpaired) electrons. The Balaban J connectivity index is 1.53. The van der Waals surface area contributed by atoms with E-state index in [1.54, 1.807) is 17.0 Å². The molecular formula is C21H28N2O4. The SMILES string of the molecule is O=C(N[C@H]1CCCCC[C@H]1C(=O)O)C1CCN(C(=O)c2ccccc2)CC1. The summed E-state index contributed by atoms with van der Waals surface area (Å²) in [5, 5.41) is 12.5. The van der Waals surface area contributed by atoms with Crippen LogP contribution in [0, 0.1) is 11.8 Å². The van der Waals surface area contributed by atoms with Crippen molar-refractivity contribution >= 4 is 17.8 Å². The molecule has 0 spiro atoms. The zero-order valence-corrected chi connectivity index (χ0v) is 15.6. The molecule has 6 nitrogen and oxygen atoms in total. The normalized spacial score (nSPS) is 24.1. The van der Waals surface area contributed by atoms with E-state index in [0.717, 1.165) is 25.7 Å². The topological polar surface area (TPSA) is 86.7 Å². The Bertz CT molecular complexity index is 668. The number of hydrogen-bond acceptors (Lipinski definition) is 3. The number of carboxylic acids is 1. The number of carbonyl (C=O) groups is 3. The minimum Gasteiger partial charge on any atom is -0.481 e. The van der Waals surface area contributed by atoms with Gasteiger partial charge in [0.2, 0.25) is 5.91 Å². The van der Waals surface area contributed by atoms with Crippen molar-refractivity contribution in [3.63, 3.8) is 0 Å². The van der Waals surface area contributed by atoms with Crippen molar-refractivity contribution in [3.8, 4) is 0 Å². The van der Waals surface area contributed by atoms with Gasteiger partial charge in [-0.15, -0.1) is 0 Å². The van der Waals surface area contributed by atoms with Gasteiger partial charge in [0, 0.05) is 30.6 Å². The molecule has 1 aromatic carbocycles. The van der Waals surface area contributed by atoms with Crippen LogP contribution in [0.1, 0.15) is 55.3 Å². The summed E-state index contributed by atoms with van der Waals surface area (Å²) in [6, 6.07) is 8.91. The van der Waals surface area contributed by atoms with Crippen LogP contribution in [0.4, 0.5) is 0 Å². The lowest BCUT2D eigenvalue weighted by Crippen LogP contribution is -2.48. The van der Waals surface area contributed by atoms with Gasteiger partial charge in [-0.3, -0.25) is 14.4 Å². The lowest BCUT2D eigenvalue weighted by molar-refractivity contribution is -0.143. The van der Waals surface area contributed by atoms with Gasteiger partial charge in [0.05, 0.1) is 5.92 Å². The van der Waals surface area contributed by atoms with Crippen LogP contribution in [0.25, 0.3) is 0 Å². The lowest BCUT2D eigenvalue weighted by Gasteiger charge is -2.33. The van der Waals surface area contributed by atoms with Gasteiger partial charge in [-0.2, -0.15) is 0 Å². The van der Waals surface area contributed by atoms with Gasteiger partial charge >= 0.3 is 5.97 Å². The number of carbonyl (C=O) groups excluding carboxylic acids is 2. The minimum absolute atomic E-state index is 0.00386. The van der Waals surface area contributed by atoms with Crippen LogP contribution >= 0.6 is 0 Å². The van der Waals surface area contributed by atoms with Crippen molar-refractivity contribution in [1.29, 1.82) is 0 Å². The van der Waals surface area contributed by atoms with Crippen molar-refractivity contribution in [2.24, 2.45) is 11.8 Å². The van der Waals surface area contributed by atoms with Crippen LogP contribution in [-0.2, 0) is 9.59 Å². The predicted molar refractivity (Wildman–Crippen MR) is 101 cm³/mol. The van der Waals surface area contributed by atoms with E-state index in [-0.39, 0.29) is 23.8 Å². The van der Waals surface area contributed by atoms with Crippen molar-refractivity contribution < 1.29 is 19.5 Å². The maximum absolute atomic E-state index is 12.7. The van der Waals surface area contributed by atoms with Gasteiger partial charge in [0.1, 0.15) is 0 Å². The molecule has 1 heterocycles. The molecule has 1 aliphatic carbocycles.